The second-order valence-corrected chi connectivity index (χ2v) is 11.5. The van der Waals surface area contributed by atoms with Crippen LogP contribution in [0.4, 0.5) is 0 Å². The predicted octanol–water partition coefficient (Wildman–Crippen LogP) is 4.26. The van der Waals surface area contributed by atoms with Gasteiger partial charge in [0.15, 0.2) is 6.29 Å². The van der Waals surface area contributed by atoms with E-state index >= 15 is 0 Å². The highest BCUT2D eigenvalue weighted by atomic mass is 32.2. The zero-order chi connectivity index (χ0) is 25.3. The number of sulfonamides is 1. The average Bonchev–Trinajstić information content (AvgIpc) is 3.51. The van der Waals surface area contributed by atoms with Crippen LogP contribution >= 0.6 is 11.3 Å². The van der Waals surface area contributed by atoms with Crippen molar-refractivity contribution in [2.24, 2.45) is 5.14 Å². The van der Waals surface area contributed by atoms with Crippen LogP contribution in [0, 0.1) is 0 Å². The zero-order valence-corrected chi connectivity index (χ0v) is 21.3. The minimum atomic E-state index is -3.77. The zero-order valence-electron chi connectivity index (χ0n) is 19.6. The van der Waals surface area contributed by atoms with E-state index in [9.17, 15) is 18.6 Å². The molecule has 0 unspecified atom stereocenters. The summed E-state index contributed by atoms with van der Waals surface area (Å²) in [5.74, 6) is 0.286. The third-order valence-electron chi connectivity index (χ3n) is 6.65. The maximum atomic E-state index is 11.7. The first-order chi connectivity index (χ1) is 17.3. The molecule has 1 fully saturated rings. The van der Waals surface area contributed by atoms with E-state index in [1.807, 2.05) is 35.0 Å². The molecular formula is C26H28N4O4S2. The molecule has 0 bridgehead atoms. The number of nitrogens with zero attached hydrogens (tertiary/aromatic N) is 3. The molecule has 2 aromatic carbocycles. The van der Waals surface area contributed by atoms with Crippen molar-refractivity contribution >= 4 is 21.4 Å². The van der Waals surface area contributed by atoms with Gasteiger partial charge in [0.05, 0.1) is 16.3 Å². The molecule has 1 aliphatic carbocycles. The smallest absolute Gasteiger partial charge is 0.238 e. The Bertz CT molecular complexity index is 1440. The van der Waals surface area contributed by atoms with Crippen LogP contribution in [0.2, 0.25) is 0 Å². The molecule has 2 aromatic heterocycles. The Kier molecular flexibility index (Phi) is 7.05. The lowest BCUT2D eigenvalue weighted by Crippen LogP contribution is -2.13. The van der Waals surface area contributed by atoms with Crippen molar-refractivity contribution in [1.82, 2.24) is 14.8 Å². The van der Waals surface area contributed by atoms with Gasteiger partial charge in [-0.2, -0.15) is 5.10 Å². The third kappa shape index (κ3) is 5.14. The van der Waals surface area contributed by atoms with Crippen molar-refractivity contribution in [2.45, 2.75) is 55.6 Å². The molecule has 0 aliphatic heterocycles. The average molecular weight is 525 g/mol. The molecule has 4 N–H and O–H groups in total. The highest BCUT2D eigenvalue weighted by Crippen LogP contribution is 2.40. The van der Waals surface area contributed by atoms with E-state index < -0.39 is 16.3 Å². The molecule has 188 valence electrons. The summed E-state index contributed by atoms with van der Waals surface area (Å²) in [4.78, 5) is 4.55. The predicted molar refractivity (Wildman–Crippen MR) is 138 cm³/mol. The Labute approximate surface area is 214 Å². The van der Waals surface area contributed by atoms with E-state index in [0.717, 1.165) is 53.8 Å². The lowest BCUT2D eigenvalue weighted by Gasteiger charge is -2.23. The van der Waals surface area contributed by atoms with Crippen molar-refractivity contribution < 1.29 is 18.6 Å². The van der Waals surface area contributed by atoms with Crippen LogP contribution in [0.25, 0.3) is 16.4 Å². The number of hydrogen-bond acceptors (Lipinski definition) is 7. The fraction of sp³-hybridized carbons (Fsp3) is 0.308. The second-order valence-electron chi connectivity index (χ2n) is 9.12. The second kappa shape index (κ2) is 10.2. The molecule has 2 heterocycles. The van der Waals surface area contributed by atoms with Gasteiger partial charge in [-0.25, -0.2) is 23.2 Å². The van der Waals surface area contributed by atoms with Crippen molar-refractivity contribution in [2.75, 3.05) is 0 Å². The summed E-state index contributed by atoms with van der Waals surface area (Å²) in [5, 5.41) is 31.8. The largest absolute Gasteiger partial charge is 0.363 e. The summed E-state index contributed by atoms with van der Waals surface area (Å²) in [6.07, 6.45) is 4.47. The van der Waals surface area contributed by atoms with E-state index in [1.54, 1.807) is 17.5 Å². The molecule has 1 saturated carbocycles. The molecule has 8 nitrogen and oxygen atoms in total. The van der Waals surface area contributed by atoms with Crippen molar-refractivity contribution in [3.63, 3.8) is 0 Å². The summed E-state index contributed by atoms with van der Waals surface area (Å²) >= 11 is 1.33. The van der Waals surface area contributed by atoms with Gasteiger partial charge < -0.3 is 10.2 Å². The highest BCUT2D eigenvalue weighted by Gasteiger charge is 2.29. The third-order valence-corrected chi connectivity index (χ3v) is 8.41. The number of primary sulfonamides is 1. The summed E-state index contributed by atoms with van der Waals surface area (Å²) in [5.41, 5.74) is 5.11. The molecule has 0 radical (unpaired) electrons. The Balaban J connectivity index is 1.68. The van der Waals surface area contributed by atoms with Crippen LogP contribution in [-0.4, -0.2) is 33.4 Å². The first-order valence-corrected chi connectivity index (χ1v) is 14.3. The number of aliphatic hydroxyl groups excluding tert-OH is 1. The summed E-state index contributed by atoms with van der Waals surface area (Å²) in [7, 11) is -3.77. The molecule has 10 heteroatoms. The summed E-state index contributed by atoms with van der Waals surface area (Å²) in [6.45, 7) is 0. The Hall–Kier alpha value is -2.89. The molecule has 0 saturated heterocycles. The van der Waals surface area contributed by atoms with Crippen LogP contribution in [0.15, 0.2) is 64.9 Å². The Morgan fingerprint density at radius 1 is 1.03 bits per heavy atom. The van der Waals surface area contributed by atoms with Gasteiger partial charge in [-0.15, -0.1) is 11.3 Å². The van der Waals surface area contributed by atoms with Crippen LogP contribution in [0.1, 0.15) is 66.8 Å². The van der Waals surface area contributed by atoms with Crippen LogP contribution in [-0.2, 0) is 16.4 Å². The van der Waals surface area contributed by atoms with Crippen molar-refractivity contribution in [1.29, 1.82) is 0 Å². The molecule has 0 atom stereocenters. The van der Waals surface area contributed by atoms with Gasteiger partial charge in [-0.3, -0.25) is 0 Å². The lowest BCUT2D eigenvalue weighted by molar-refractivity contribution is -0.0454. The molecule has 4 aromatic rings. The standard InChI is InChI=1S/C26H28N4O4S2/c27-36(33,34)20-13-11-17(12-14-20)15-21-23(18-7-3-1-4-8-18)29-30(24(21)19-9-5-2-6-10-19)26-28-22(16-35-26)25(31)32/h1,3-4,7-8,11-14,16,19,25,31-32H,2,5-6,9-10,15H2,(H2,27,33,34). The summed E-state index contributed by atoms with van der Waals surface area (Å²) < 4.78 is 25.3. The lowest BCUT2D eigenvalue weighted by atomic mass is 9.83. The topological polar surface area (TPSA) is 131 Å². The van der Waals surface area contributed by atoms with E-state index in [-0.39, 0.29) is 16.5 Å². The SMILES string of the molecule is NS(=O)(=O)c1ccc(Cc2c(-c3ccccc3)nn(-c3nc(C(O)O)cs3)c2C2CCCCC2)cc1. The van der Waals surface area contributed by atoms with Gasteiger partial charge in [-0.1, -0.05) is 61.7 Å². The number of hydrogen-bond donors (Lipinski definition) is 3. The molecule has 0 spiro atoms. The van der Waals surface area contributed by atoms with Gasteiger partial charge >= 0.3 is 0 Å². The Morgan fingerprint density at radius 3 is 2.33 bits per heavy atom. The van der Waals surface area contributed by atoms with Gasteiger partial charge in [-0.05, 0) is 30.5 Å². The number of thiazole rings is 1. The number of rotatable bonds is 7. The van der Waals surface area contributed by atoms with Crippen molar-refractivity contribution in [3.8, 4) is 16.4 Å². The fourth-order valence-electron chi connectivity index (χ4n) is 4.90. The highest BCUT2D eigenvalue weighted by molar-refractivity contribution is 7.89. The minimum absolute atomic E-state index is 0.0793. The number of nitrogens with two attached hydrogens (primary N) is 1. The minimum Gasteiger partial charge on any atom is -0.363 e. The van der Waals surface area contributed by atoms with Crippen LogP contribution in [0.5, 0.6) is 0 Å². The number of aromatic nitrogens is 3. The quantitative estimate of drug-likeness (QED) is 0.310. The van der Waals surface area contributed by atoms with Gasteiger partial charge in [0.2, 0.25) is 15.2 Å². The summed E-state index contributed by atoms with van der Waals surface area (Å²) in [6, 6.07) is 16.6. The van der Waals surface area contributed by atoms with Crippen LogP contribution in [0.3, 0.4) is 0 Å². The molecule has 36 heavy (non-hydrogen) atoms. The van der Waals surface area contributed by atoms with Crippen molar-refractivity contribution in [3.05, 3.63) is 82.5 Å². The maximum Gasteiger partial charge on any atom is 0.238 e. The van der Waals surface area contributed by atoms with E-state index in [2.05, 4.69) is 4.98 Å². The maximum absolute atomic E-state index is 11.7. The monoisotopic (exact) mass is 524 g/mol. The van der Waals surface area contributed by atoms with Gasteiger partial charge in [0.25, 0.3) is 0 Å². The van der Waals surface area contributed by atoms with E-state index in [1.165, 1.54) is 29.9 Å². The normalized spacial score (nSPS) is 15.0. The van der Waals surface area contributed by atoms with E-state index in [0.29, 0.717) is 11.6 Å². The Morgan fingerprint density at radius 2 is 1.72 bits per heavy atom. The van der Waals surface area contributed by atoms with Crippen LogP contribution < -0.4 is 5.14 Å². The first kappa shape index (κ1) is 24.8. The fourth-order valence-corrected chi connectivity index (χ4v) is 6.21. The first-order valence-electron chi connectivity index (χ1n) is 11.9. The molecular weight excluding hydrogens is 496 g/mol. The molecule has 1 aliphatic rings. The van der Waals surface area contributed by atoms with E-state index in [4.69, 9.17) is 10.2 Å². The van der Waals surface area contributed by atoms with Gasteiger partial charge in [0.1, 0.15) is 5.69 Å². The number of benzene rings is 2. The number of aliphatic hydroxyl groups is 2. The molecule has 5 rings (SSSR count). The van der Waals surface area contributed by atoms with Gasteiger partial charge in [0, 0.05) is 28.8 Å². The molecule has 0 amide bonds.